The van der Waals surface area contributed by atoms with E-state index in [0.717, 1.165) is 12.5 Å². The molecule has 11 heteroatoms. The van der Waals surface area contributed by atoms with Gasteiger partial charge in [-0.15, -0.1) is 0 Å². The molecule has 0 bridgehead atoms. The van der Waals surface area contributed by atoms with Crippen LogP contribution in [0.1, 0.15) is 35.2 Å². The van der Waals surface area contributed by atoms with E-state index in [1.54, 1.807) is 30.3 Å². The molecule has 0 aromatic heterocycles. The summed E-state index contributed by atoms with van der Waals surface area (Å²) in [5.41, 5.74) is -1.24. The number of halogens is 2. The summed E-state index contributed by atoms with van der Waals surface area (Å²) >= 11 is 9.05. The van der Waals surface area contributed by atoms with E-state index in [2.05, 4.69) is 26.7 Å². The number of ether oxygens (including phenoxy) is 1. The minimum absolute atomic E-state index is 0.206. The average Bonchev–Trinajstić information content (AvgIpc) is 2.78. The van der Waals surface area contributed by atoms with E-state index >= 15 is 0 Å². The number of nitrogens with one attached hydrogen (secondary N) is 1. The van der Waals surface area contributed by atoms with Gasteiger partial charge >= 0.3 is 5.97 Å². The third-order valence-corrected chi connectivity index (χ3v) is 7.91. The van der Waals surface area contributed by atoms with Crippen LogP contribution in [0.25, 0.3) is 0 Å². The van der Waals surface area contributed by atoms with Crippen LogP contribution in [0.15, 0.2) is 64.0 Å². The number of benzene rings is 3. The standard InChI is InChI=1S/C24H18BrClN2O6S/c25-15-11-18(26)22(30)20(12-15)35(32,33)28-19-10-14(24(13-27)7-4-8-24)9-17(21(19)29)23(31)34-16-5-2-1-3-6-16/h1-3,5-6,9-12,28-30H,4,7-8H2. The summed E-state index contributed by atoms with van der Waals surface area (Å²) in [5.74, 6) is -2.09. The summed E-state index contributed by atoms with van der Waals surface area (Å²) in [6.07, 6.45) is 1.80. The van der Waals surface area contributed by atoms with E-state index in [1.165, 1.54) is 18.2 Å². The first kappa shape index (κ1) is 24.9. The molecule has 3 aromatic carbocycles. The topological polar surface area (TPSA) is 137 Å². The Morgan fingerprint density at radius 2 is 1.80 bits per heavy atom. The number of para-hydroxylation sites is 1. The molecular weight excluding hydrogens is 560 g/mol. The molecule has 1 fully saturated rings. The number of rotatable bonds is 6. The molecule has 0 spiro atoms. The van der Waals surface area contributed by atoms with E-state index in [0.29, 0.717) is 22.9 Å². The van der Waals surface area contributed by atoms with E-state index in [9.17, 15) is 28.7 Å². The molecule has 8 nitrogen and oxygen atoms in total. The van der Waals surface area contributed by atoms with Crippen molar-refractivity contribution in [2.45, 2.75) is 29.6 Å². The summed E-state index contributed by atoms with van der Waals surface area (Å²) in [6, 6.07) is 15.5. The lowest BCUT2D eigenvalue weighted by atomic mass is 9.65. The Hall–Kier alpha value is -3.26. The Labute approximate surface area is 214 Å². The molecule has 0 unspecified atom stereocenters. The maximum absolute atomic E-state index is 13.1. The average molecular weight is 578 g/mol. The maximum atomic E-state index is 13.1. The van der Waals surface area contributed by atoms with Crippen molar-refractivity contribution >= 4 is 49.2 Å². The number of carbonyl (C=O) groups is 1. The van der Waals surface area contributed by atoms with E-state index < -0.39 is 37.8 Å². The lowest BCUT2D eigenvalue weighted by Gasteiger charge is -2.36. The molecule has 1 saturated carbocycles. The minimum atomic E-state index is -4.48. The zero-order chi connectivity index (χ0) is 25.4. The van der Waals surface area contributed by atoms with Crippen LogP contribution in [0.4, 0.5) is 5.69 Å². The fraction of sp³-hybridized carbons (Fsp3) is 0.167. The van der Waals surface area contributed by atoms with Crippen LogP contribution in [0.5, 0.6) is 17.2 Å². The fourth-order valence-electron chi connectivity index (χ4n) is 3.74. The van der Waals surface area contributed by atoms with Gasteiger partial charge < -0.3 is 14.9 Å². The molecule has 0 atom stereocenters. The molecule has 4 rings (SSSR count). The number of phenols is 2. The largest absolute Gasteiger partial charge is 0.505 e. The predicted octanol–water partition coefficient (Wildman–Crippen LogP) is 5.48. The minimum Gasteiger partial charge on any atom is -0.505 e. The summed E-state index contributed by atoms with van der Waals surface area (Å²) in [7, 11) is -4.48. The Balaban J connectivity index is 1.81. The second-order valence-electron chi connectivity index (χ2n) is 8.01. The van der Waals surface area contributed by atoms with Crippen molar-refractivity contribution in [2.75, 3.05) is 4.72 Å². The molecule has 0 radical (unpaired) electrons. The number of hydrogen-bond donors (Lipinski definition) is 3. The van der Waals surface area contributed by atoms with Gasteiger partial charge in [-0.3, -0.25) is 4.72 Å². The van der Waals surface area contributed by atoms with E-state index in [-0.39, 0.29) is 22.0 Å². The van der Waals surface area contributed by atoms with Gasteiger partial charge in [-0.1, -0.05) is 45.7 Å². The molecule has 0 saturated heterocycles. The molecule has 1 aliphatic carbocycles. The smallest absolute Gasteiger partial charge is 0.347 e. The molecule has 0 aliphatic heterocycles. The normalized spacial score (nSPS) is 14.4. The van der Waals surface area contributed by atoms with Crippen LogP contribution < -0.4 is 9.46 Å². The quantitative estimate of drug-likeness (QED) is 0.200. The van der Waals surface area contributed by atoms with Gasteiger partial charge in [-0.05, 0) is 61.2 Å². The van der Waals surface area contributed by atoms with Crippen LogP contribution in [-0.4, -0.2) is 24.6 Å². The van der Waals surface area contributed by atoms with Gasteiger partial charge in [-0.2, -0.15) is 5.26 Å². The highest BCUT2D eigenvalue weighted by Crippen LogP contribution is 2.46. The highest BCUT2D eigenvalue weighted by atomic mass is 79.9. The van der Waals surface area contributed by atoms with Crippen molar-refractivity contribution in [3.8, 4) is 23.3 Å². The first-order valence-electron chi connectivity index (χ1n) is 10.3. The van der Waals surface area contributed by atoms with E-state index in [4.69, 9.17) is 16.3 Å². The Morgan fingerprint density at radius 1 is 1.11 bits per heavy atom. The predicted molar refractivity (Wildman–Crippen MR) is 132 cm³/mol. The fourth-order valence-corrected chi connectivity index (χ4v) is 5.96. The van der Waals surface area contributed by atoms with Crippen molar-refractivity contribution in [1.29, 1.82) is 5.26 Å². The SMILES string of the molecule is N#CC1(c2cc(NS(=O)(=O)c3cc(Br)cc(Cl)c3O)c(O)c(C(=O)Oc3ccccc3)c2)CCC1. The Kier molecular flexibility index (Phi) is 6.68. The number of nitriles is 1. The summed E-state index contributed by atoms with van der Waals surface area (Å²) in [5, 5.41) is 30.7. The van der Waals surface area contributed by atoms with Crippen molar-refractivity contribution in [3.63, 3.8) is 0 Å². The number of esters is 1. The van der Waals surface area contributed by atoms with Crippen molar-refractivity contribution in [1.82, 2.24) is 0 Å². The van der Waals surface area contributed by atoms with Crippen molar-refractivity contribution < 1.29 is 28.2 Å². The molecule has 3 aromatic rings. The lowest BCUT2D eigenvalue weighted by molar-refractivity contribution is 0.0731. The summed E-state index contributed by atoms with van der Waals surface area (Å²) in [6.45, 7) is 0. The van der Waals surface area contributed by atoms with E-state index in [1.807, 2.05) is 0 Å². The molecule has 3 N–H and O–H groups in total. The second-order valence-corrected chi connectivity index (χ2v) is 11.0. The first-order valence-corrected chi connectivity index (χ1v) is 13.0. The number of phenolic OH excluding ortho intramolecular Hbond substituents is 2. The third-order valence-electron chi connectivity index (χ3n) is 5.78. The van der Waals surface area contributed by atoms with Crippen LogP contribution >= 0.6 is 27.5 Å². The molecule has 180 valence electrons. The highest BCUT2D eigenvalue weighted by molar-refractivity contribution is 9.10. The van der Waals surface area contributed by atoms with Crippen LogP contribution in [0, 0.1) is 11.3 Å². The molecular formula is C24H18BrClN2O6S. The number of aromatic hydroxyl groups is 2. The number of carbonyl (C=O) groups excluding carboxylic acids is 1. The van der Waals surface area contributed by atoms with Gasteiger partial charge in [0.25, 0.3) is 10.0 Å². The van der Waals surface area contributed by atoms with Gasteiger partial charge in [0.2, 0.25) is 0 Å². The lowest BCUT2D eigenvalue weighted by Crippen LogP contribution is -2.32. The Morgan fingerprint density at radius 3 is 2.40 bits per heavy atom. The maximum Gasteiger partial charge on any atom is 0.347 e. The monoisotopic (exact) mass is 576 g/mol. The van der Waals surface area contributed by atoms with Crippen LogP contribution in [0.3, 0.4) is 0 Å². The Bertz CT molecular complexity index is 1470. The molecule has 0 heterocycles. The third kappa shape index (κ3) is 4.80. The zero-order valence-electron chi connectivity index (χ0n) is 18.0. The summed E-state index contributed by atoms with van der Waals surface area (Å²) < 4.78 is 34.1. The van der Waals surface area contributed by atoms with Crippen molar-refractivity contribution in [2.24, 2.45) is 0 Å². The number of nitrogens with zero attached hydrogens (tertiary/aromatic N) is 1. The van der Waals surface area contributed by atoms with Gasteiger partial charge in [0, 0.05) is 4.47 Å². The highest BCUT2D eigenvalue weighted by Gasteiger charge is 2.40. The molecule has 35 heavy (non-hydrogen) atoms. The second kappa shape index (κ2) is 9.41. The number of sulfonamides is 1. The van der Waals surface area contributed by atoms with Gasteiger partial charge in [0.1, 0.15) is 16.2 Å². The number of hydrogen-bond acceptors (Lipinski definition) is 7. The van der Waals surface area contributed by atoms with Gasteiger partial charge in [-0.25, -0.2) is 13.2 Å². The van der Waals surface area contributed by atoms with Crippen LogP contribution in [-0.2, 0) is 15.4 Å². The van der Waals surface area contributed by atoms with Gasteiger partial charge in [0.15, 0.2) is 11.5 Å². The van der Waals surface area contributed by atoms with Crippen molar-refractivity contribution in [3.05, 3.63) is 75.2 Å². The molecule has 1 aliphatic rings. The zero-order valence-corrected chi connectivity index (χ0v) is 21.1. The number of anilines is 1. The first-order chi connectivity index (χ1) is 16.6. The summed E-state index contributed by atoms with van der Waals surface area (Å²) in [4.78, 5) is 12.4. The molecule has 0 amide bonds. The van der Waals surface area contributed by atoms with Crippen LogP contribution in [0.2, 0.25) is 5.02 Å². The van der Waals surface area contributed by atoms with Gasteiger partial charge in [0.05, 0.1) is 22.2 Å².